The van der Waals surface area contributed by atoms with Crippen molar-refractivity contribution in [1.29, 1.82) is 0 Å². The molecule has 9 nitrogen and oxygen atoms in total. The number of amides is 1. The minimum atomic E-state index is -3.72. The standard InChI is InChI=1S/C20H22ClN3O6S/c1-28-19-7-6-17(31(26,27)24-8-10-29-11-9-24)12-18(19)23-20(25)14-30-22-13-15-2-4-16(21)5-3-15/h2-7,12-13H,8-11,14H2,1H3,(H,23,25)/b22-13+. The highest BCUT2D eigenvalue weighted by Crippen LogP contribution is 2.29. The fraction of sp³-hybridized carbons (Fsp3) is 0.300. The van der Waals surface area contributed by atoms with Gasteiger partial charge in [0, 0.05) is 18.1 Å². The Morgan fingerprint density at radius 2 is 1.94 bits per heavy atom. The first-order valence-corrected chi connectivity index (χ1v) is 11.2. The topological polar surface area (TPSA) is 107 Å². The highest BCUT2D eigenvalue weighted by Gasteiger charge is 2.27. The van der Waals surface area contributed by atoms with Crippen molar-refractivity contribution < 1.29 is 27.5 Å². The van der Waals surface area contributed by atoms with Gasteiger partial charge in [0.15, 0.2) is 6.61 Å². The van der Waals surface area contributed by atoms with E-state index in [1.165, 1.54) is 35.8 Å². The molecule has 0 radical (unpaired) electrons. The van der Waals surface area contributed by atoms with Gasteiger partial charge >= 0.3 is 0 Å². The van der Waals surface area contributed by atoms with Gasteiger partial charge in [0.2, 0.25) is 10.0 Å². The highest BCUT2D eigenvalue weighted by atomic mass is 35.5. The van der Waals surface area contributed by atoms with Gasteiger partial charge in [0.25, 0.3) is 5.91 Å². The number of hydrogen-bond donors (Lipinski definition) is 1. The number of sulfonamides is 1. The monoisotopic (exact) mass is 467 g/mol. The van der Waals surface area contributed by atoms with Crippen LogP contribution in [0.15, 0.2) is 52.5 Å². The molecular weight excluding hydrogens is 446 g/mol. The van der Waals surface area contributed by atoms with E-state index in [0.29, 0.717) is 24.0 Å². The summed E-state index contributed by atoms with van der Waals surface area (Å²) in [6.07, 6.45) is 1.44. The van der Waals surface area contributed by atoms with E-state index in [1.54, 1.807) is 24.3 Å². The maximum Gasteiger partial charge on any atom is 0.265 e. The minimum absolute atomic E-state index is 0.0483. The number of oxime groups is 1. The molecule has 1 saturated heterocycles. The van der Waals surface area contributed by atoms with Crippen molar-refractivity contribution in [3.63, 3.8) is 0 Å². The lowest BCUT2D eigenvalue weighted by molar-refractivity contribution is -0.120. The number of carbonyl (C=O) groups is 1. The zero-order valence-corrected chi connectivity index (χ0v) is 18.4. The molecule has 0 saturated carbocycles. The van der Waals surface area contributed by atoms with Gasteiger partial charge in [0.05, 0.1) is 37.1 Å². The van der Waals surface area contributed by atoms with Gasteiger partial charge in [-0.05, 0) is 35.9 Å². The first-order valence-electron chi connectivity index (χ1n) is 9.37. The number of nitrogens with one attached hydrogen (secondary N) is 1. The maximum absolute atomic E-state index is 12.9. The van der Waals surface area contributed by atoms with E-state index in [0.717, 1.165) is 5.56 Å². The number of ether oxygens (including phenoxy) is 2. The molecule has 0 aromatic heterocycles. The van der Waals surface area contributed by atoms with Crippen molar-refractivity contribution in [3.8, 4) is 5.75 Å². The summed E-state index contributed by atoms with van der Waals surface area (Å²) in [7, 11) is -2.29. The third kappa shape index (κ3) is 6.17. The lowest BCUT2D eigenvalue weighted by Gasteiger charge is -2.26. The Morgan fingerprint density at radius 1 is 1.23 bits per heavy atom. The summed E-state index contributed by atoms with van der Waals surface area (Å²) in [6.45, 7) is 0.860. The largest absolute Gasteiger partial charge is 0.495 e. The predicted octanol–water partition coefficient (Wildman–Crippen LogP) is 2.36. The van der Waals surface area contributed by atoms with Gasteiger partial charge in [-0.1, -0.05) is 28.9 Å². The summed E-state index contributed by atoms with van der Waals surface area (Å²) in [5, 5.41) is 6.94. The van der Waals surface area contributed by atoms with Crippen molar-refractivity contribution in [3.05, 3.63) is 53.1 Å². The van der Waals surface area contributed by atoms with Crippen LogP contribution in [0.4, 0.5) is 5.69 Å². The molecule has 0 aliphatic carbocycles. The first-order chi connectivity index (χ1) is 14.9. The lowest BCUT2D eigenvalue weighted by Crippen LogP contribution is -2.40. The molecule has 3 rings (SSSR count). The molecule has 166 valence electrons. The van der Waals surface area contributed by atoms with Gasteiger partial charge in [-0.3, -0.25) is 4.79 Å². The van der Waals surface area contributed by atoms with E-state index in [-0.39, 0.29) is 30.3 Å². The van der Waals surface area contributed by atoms with E-state index in [4.69, 9.17) is 25.9 Å². The Balaban J connectivity index is 1.64. The Hall–Kier alpha value is -2.66. The molecule has 1 fully saturated rings. The van der Waals surface area contributed by atoms with E-state index >= 15 is 0 Å². The molecular formula is C20H22ClN3O6S. The van der Waals surface area contributed by atoms with Crippen LogP contribution in [-0.4, -0.2) is 64.9 Å². The summed E-state index contributed by atoms with van der Waals surface area (Å²) in [6, 6.07) is 11.2. The number of hydrogen-bond acceptors (Lipinski definition) is 7. The molecule has 11 heteroatoms. The van der Waals surface area contributed by atoms with Gasteiger partial charge in [-0.2, -0.15) is 4.31 Å². The van der Waals surface area contributed by atoms with Crippen molar-refractivity contribution in [2.75, 3.05) is 45.3 Å². The van der Waals surface area contributed by atoms with Crippen LogP contribution in [0.25, 0.3) is 0 Å². The Morgan fingerprint density at radius 3 is 2.61 bits per heavy atom. The number of rotatable bonds is 8. The van der Waals surface area contributed by atoms with Crippen molar-refractivity contribution in [2.24, 2.45) is 5.16 Å². The molecule has 1 amide bonds. The zero-order valence-electron chi connectivity index (χ0n) is 16.8. The normalized spacial score (nSPS) is 15.0. The molecule has 31 heavy (non-hydrogen) atoms. The Bertz CT molecular complexity index is 1040. The fourth-order valence-electron chi connectivity index (χ4n) is 2.81. The second-order valence-corrected chi connectivity index (χ2v) is 8.86. The molecule has 0 unspecified atom stereocenters. The van der Waals surface area contributed by atoms with Crippen LogP contribution in [-0.2, 0) is 24.4 Å². The van der Waals surface area contributed by atoms with Crippen molar-refractivity contribution >= 4 is 39.4 Å². The van der Waals surface area contributed by atoms with Gasteiger partial charge in [-0.25, -0.2) is 8.42 Å². The summed E-state index contributed by atoms with van der Waals surface area (Å²) < 4.78 is 37.5. The molecule has 2 aromatic rings. The number of carbonyl (C=O) groups excluding carboxylic acids is 1. The molecule has 0 atom stereocenters. The predicted molar refractivity (Wildman–Crippen MR) is 116 cm³/mol. The average molecular weight is 468 g/mol. The summed E-state index contributed by atoms with van der Waals surface area (Å²) >= 11 is 5.81. The van der Waals surface area contributed by atoms with Crippen LogP contribution in [0.5, 0.6) is 5.75 Å². The van der Waals surface area contributed by atoms with E-state index in [9.17, 15) is 13.2 Å². The average Bonchev–Trinajstić information content (AvgIpc) is 2.78. The SMILES string of the molecule is COc1ccc(S(=O)(=O)N2CCOCC2)cc1NC(=O)CO/N=C/c1ccc(Cl)cc1. The van der Waals surface area contributed by atoms with Crippen LogP contribution in [0.1, 0.15) is 5.56 Å². The van der Waals surface area contributed by atoms with Crippen molar-refractivity contribution in [2.45, 2.75) is 4.90 Å². The smallest absolute Gasteiger partial charge is 0.265 e. The number of nitrogens with zero attached hydrogens (tertiary/aromatic N) is 2. The Labute approximate surface area is 185 Å². The molecule has 1 N–H and O–H groups in total. The molecule has 0 bridgehead atoms. The molecule has 1 aliphatic rings. The molecule has 1 aliphatic heterocycles. The summed E-state index contributed by atoms with van der Waals surface area (Å²) in [4.78, 5) is 17.3. The number of halogens is 1. The fourth-order valence-corrected chi connectivity index (χ4v) is 4.37. The third-order valence-corrected chi connectivity index (χ3v) is 6.54. The molecule has 2 aromatic carbocycles. The molecule has 1 heterocycles. The van der Waals surface area contributed by atoms with E-state index in [1.807, 2.05) is 0 Å². The first kappa shape index (κ1) is 23.0. The van der Waals surface area contributed by atoms with Crippen LogP contribution in [0.2, 0.25) is 5.02 Å². The second-order valence-electron chi connectivity index (χ2n) is 6.49. The van der Waals surface area contributed by atoms with Gasteiger partial charge < -0.3 is 19.6 Å². The van der Waals surface area contributed by atoms with E-state index < -0.39 is 15.9 Å². The van der Waals surface area contributed by atoms with Crippen LogP contribution < -0.4 is 10.1 Å². The zero-order chi connectivity index (χ0) is 22.3. The number of anilines is 1. The molecule has 0 spiro atoms. The van der Waals surface area contributed by atoms with Gasteiger partial charge in [-0.15, -0.1) is 0 Å². The second kappa shape index (κ2) is 10.6. The quantitative estimate of drug-likeness (QED) is 0.472. The Kier molecular flexibility index (Phi) is 7.85. The minimum Gasteiger partial charge on any atom is -0.495 e. The van der Waals surface area contributed by atoms with Crippen LogP contribution in [0.3, 0.4) is 0 Å². The van der Waals surface area contributed by atoms with Crippen LogP contribution >= 0.6 is 11.6 Å². The third-order valence-electron chi connectivity index (χ3n) is 4.39. The number of methoxy groups -OCH3 is 1. The van der Waals surface area contributed by atoms with E-state index in [2.05, 4.69) is 10.5 Å². The van der Waals surface area contributed by atoms with Crippen molar-refractivity contribution in [1.82, 2.24) is 4.31 Å². The highest BCUT2D eigenvalue weighted by molar-refractivity contribution is 7.89. The number of benzene rings is 2. The summed E-state index contributed by atoms with van der Waals surface area (Å²) in [5.74, 6) is -0.202. The maximum atomic E-state index is 12.9. The van der Waals surface area contributed by atoms with Crippen LogP contribution in [0, 0.1) is 0 Å². The van der Waals surface area contributed by atoms with Gasteiger partial charge in [0.1, 0.15) is 5.75 Å². The lowest BCUT2D eigenvalue weighted by atomic mass is 10.2. The summed E-state index contributed by atoms with van der Waals surface area (Å²) in [5.41, 5.74) is 0.972. The number of morpholine rings is 1.